The van der Waals surface area contributed by atoms with E-state index in [-0.39, 0.29) is 11.2 Å². The van der Waals surface area contributed by atoms with Crippen LogP contribution in [0.15, 0.2) is 18.2 Å². The summed E-state index contributed by atoms with van der Waals surface area (Å²) in [6.45, 7) is 4.41. The van der Waals surface area contributed by atoms with Gasteiger partial charge >= 0.3 is 0 Å². The number of hydrogen-bond acceptors (Lipinski definition) is 2. The molecule has 0 aliphatic carbocycles. The predicted molar refractivity (Wildman–Crippen MR) is 58.8 cm³/mol. The Kier molecular flexibility index (Phi) is 2.85. The van der Waals surface area contributed by atoms with Gasteiger partial charge in [-0.15, -0.1) is 0 Å². The Bertz CT molecular complexity index is 345. The summed E-state index contributed by atoms with van der Waals surface area (Å²) < 4.78 is 18.1. The first-order valence-corrected chi connectivity index (χ1v) is 5.23. The molecule has 4 heteroatoms. The maximum atomic E-state index is 13.0. The Labute approximate surface area is 93.4 Å². The van der Waals surface area contributed by atoms with Crippen molar-refractivity contribution in [3.8, 4) is 0 Å². The fourth-order valence-corrected chi connectivity index (χ4v) is 1.75. The highest BCUT2D eigenvalue weighted by atomic mass is 35.5. The van der Waals surface area contributed by atoms with Crippen molar-refractivity contribution in [3.63, 3.8) is 0 Å². The minimum absolute atomic E-state index is 0.165. The zero-order chi connectivity index (χ0) is 10.9. The normalized spacial score (nSPS) is 18.3. The van der Waals surface area contributed by atoms with Crippen LogP contribution in [0.25, 0.3) is 0 Å². The van der Waals surface area contributed by atoms with Crippen LogP contribution in [0.5, 0.6) is 0 Å². The van der Waals surface area contributed by atoms with Crippen LogP contribution in [0.4, 0.5) is 10.1 Å². The maximum absolute atomic E-state index is 13.0. The summed E-state index contributed by atoms with van der Waals surface area (Å²) in [7, 11) is 0. The van der Waals surface area contributed by atoms with Crippen molar-refractivity contribution in [1.82, 2.24) is 0 Å². The summed E-state index contributed by atoms with van der Waals surface area (Å²) in [6.07, 6.45) is 0. The largest absolute Gasteiger partial charge is 0.384 e. The zero-order valence-electron chi connectivity index (χ0n) is 8.52. The van der Waals surface area contributed by atoms with Gasteiger partial charge in [-0.2, -0.15) is 0 Å². The predicted octanol–water partition coefficient (Wildman–Crippen LogP) is 2.93. The molecule has 2 rings (SSSR count). The van der Waals surface area contributed by atoms with Crippen molar-refractivity contribution in [2.24, 2.45) is 5.41 Å². The van der Waals surface area contributed by atoms with E-state index in [1.165, 1.54) is 12.1 Å². The van der Waals surface area contributed by atoms with E-state index in [2.05, 4.69) is 12.2 Å². The van der Waals surface area contributed by atoms with Crippen molar-refractivity contribution >= 4 is 17.3 Å². The molecule has 0 atom stereocenters. The number of rotatable bonds is 3. The summed E-state index contributed by atoms with van der Waals surface area (Å²) in [5.41, 5.74) is 0.881. The highest BCUT2D eigenvalue weighted by molar-refractivity contribution is 6.30. The summed E-state index contributed by atoms with van der Waals surface area (Å²) in [5.74, 6) is -0.319. The Hall–Kier alpha value is -0.800. The van der Waals surface area contributed by atoms with Crippen LogP contribution >= 0.6 is 11.6 Å². The highest BCUT2D eigenvalue weighted by Gasteiger charge is 2.32. The van der Waals surface area contributed by atoms with Crippen LogP contribution in [-0.4, -0.2) is 19.8 Å². The third-order valence-corrected chi connectivity index (χ3v) is 2.70. The smallest absolute Gasteiger partial charge is 0.126 e. The van der Waals surface area contributed by atoms with Gasteiger partial charge in [0.1, 0.15) is 5.82 Å². The average molecular weight is 230 g/mol. The summed E-state index contributed by atoms with van der Waals surface area (Å²) in [4.78, 5) is 0. The fraction of sp³-hybridized carbons (Fsp3) is 0.455. The van der Waals surface area contributed by atoms with E-state index in [4.69, 9.17) is 16.3 Å². The van der Waals surface area contributed by atoms with Gasteiger partial charge in [0.25, 0.3) is 0 Å². The van der Waals surface area contributed by atoms with Crippen LogP contribution in [-0.2, 0) is 4.74 Å². The maximum Gasteiger partial charge on any atom is 0.126 e. The number of anilines is 1. The van der Waals surface area contributed by atoms with Crippen molar-refractivity contribution in [2.45, 2.75) is 6.92 Å². The molecule has 1 aromatic rings. The molecular formula is C11H13ClFNO. The second-order valence-corrected chi connectivity index (χ2v) is 4.75. The van der Waals surface area contributed by atoms with Gasteiger partial charge in [-0.3, -0.25) is 0 Å². The molecule has 82 valence electrons. The van der Waals surface area contributed by atoms with E-state index in [1.807, 2.05) is 0 Å². The number of benzene rings is 1. The van der Waals surface area contributed by atoms with E-state index in [0.29, 0.717) is 10.7 Å². The van der Waals surface area contributed by atoms with Gasteiger partial charge < -0.3 is 10.1 Å². The first kappa shape index (κ1) is 10.7. The van der Waals surface area contributed by atoms with E-state index in [1.54, 1.807) is 6.07 Å². The van der Waals surface area contributed by atoms with Gasteiger partial charge in [0.2, 0.25) is 0 Å². The Morgan fingerprint density at radius 3 is 2.73 bits per heavy atom. The SMILES string of the molecule is CC1(CNc2cc(F)cc(Cl)c2)COC1. The summed E-state index contributed by atoms with van der Waals surface area (Å²) in [5, 5.41) is 3.57. The molecule has 1 aliphatic rings. The zero-order valence-corrected chi connectivity index (χ0v) is 9.27. The van der Waals surface area contributed by atoms with Crippen LogP contribution in [0.1, 0.15) is 6.92 Å². The molecule has 0 radical (unpaired) electrons. The molecule has 0 amide bonds. The van der Waals surface area contributed by atoms with Crippen molar-refractivity contribution in [1.29, 1.82) is 0 Å². The Morgan fingerprint density at radius 2 is 2.20 bits per heavy atom. The lowest BCUT2D eigenvalue weighted by molar-refractivity contribution is -0.0924. The fourth-order valence-electron chi connectivity index (χ4n) is 1.52. The third kappa shape index (κ3) is 2.61. The molecule has 1 aromatic carbocycles. The van der Waals surface area contributed by atoms with E-state index in [9.17, 15) is 4.39 Å². The average Bonchev–Trinajstić information content (AvgIpc) is 2.10. The standard InChI is InChI=1S/C11H13ClFNO/c1-11(6-15-7-11)5-14-10-3-8(12)2-9(13)4-10/h2-4,14H,5-7H2,1H3. The van der Waals surface area contributed by atoms with Gasteiger partial charge in [-0.05, 0) is 18.2 Å². The molecule has 1 fully saturated rings. The molecule has 0 bridgehead atoms. The first-order chi connectivity index (χ1) is 7.07. The number of nitrogens with one attached hydrogen (secondary N) is 1. The lowest BCUT2D eigenvalue weighted by atomic mass is 9.89. The molecule has 15 heavy (non-hydrogen) atoms. The quantitative estimate of drug-likeness (QED) is 0.861. The molecular weight excluding hydrogens is 217 g/mol. The Balaban J connectivity index is 1.98. The number of hydrogen-bond donors (Lipinski definition) is 1. The van der Waals surface area contributed by atoms with Gasteiger partial charge in [-0.1, -0.05) is 18.5 Å². The lowest BCUT2D eigenvalue weighted by Crippen LogP contribution is -2.45. The second kappa shape index (κ2) is 3.99. The van der Waals surface area contributed by atoms with Crippen LogP contribution < -0.4 is 5.32 Å². The summed E-state index contributed by atoms with van der Waals surface area (Å²) >= 11 is 5.74. The minimum atomic E-state index is -0.319. The third-order valence-electron chi connectivity index (χ3n) is 2.48. The molecule has 1 aliphatic heterocycles. The van der Waals surface area contributed by atoms with E-state index < -0.39 is 0 Å². The van der Waals surface area contributed by atoms with Gasteiger partial charge in [0.05, 0.1) is 13.2 Å². The molecule has 0 spiro atoms. The monoisotopic (exact) mass is 229 g/mol. The van der Waals surface area contributed by atoms with Crippen LogP contribution in [0, 0.1) is 11.2 Å². The van der Waals surface area contributed by atoms with E-state index in [0.717, 1.165) is 19.8 Å². The molecule has 0 unspecified atom stereocenters. The van der Waals surface area contributed by atoms with Crippen LogP contribution in [0.2, 0.25) is 5.02 Å². The van der Waals surface area contributed by atoms with Crippen molar-refractivity contribution in [3.05, 3.63) is 29.0 Å². The molecule has 0 aromatic heterocycles. The van der Waals surface area contributed by atoms with Crippen LogP contribution in [0.3, 0.4) is 0 Å². The van der Waals surface area contributed by atoms with Gasteiger partial charge in [-0.25, -0.2) is 4.39 Å². The molecule has 0 saturated carbocycles. The highest BCUT2D eigenvalue weighted by Crippen LogP contribution is 2.27. The van der Waals surface area contributed by atoms with Gasteiger partial charge in [0.15, 0.2) is 0 Å². The van der Waals surface area contributed by atoms with Gasteiger partial charge in [0, 0.05) is 22.7 Å². The first-order valence-electron chi connectivity index (χ1n) is 4.85. The second-order valence-electron chi connectivity index (χ2n) is 4.32. The Morgan fingerprint density at radius 1 is 1.47 bits per heavy atom. The number of ether oxygens (including phenoxy) is 1. The van der Waals surface area contributed by atoms with E-state index >= 15 is 0 Å². The molecule has 1 heterocycles. The molecule has 1 N–H and O–H groups in total. The lowest BCUT2D eigenvalue weighted by Gasteiger charge is -2.38. The van der Waals surface area contributed by atoms with Crippen molar-refractivity contribution in [2.75, 3.05) is 25.1 Å². The molecule has 1 saturated heterocycles. The molecule has 2 nitrogen and oxygen atoms in total. The number of halogens is 2. The summed E-state index contributed by atoms with van der Waals surface area (Å²) in [6, 6.07) is 4.45. The van der Waals surface area contributed by atoms with Crippen molar-refractivity contribution < 1.29 is 9.13 Å². The topological polar surface area (TPSA) is 21.3 Å². The minimum Gasteiger partial charge on any atom is -0.384 e.